The van der Waals surface area contributed by atoms with Crippen LogP contribution in [0.2, 0.25) is 0 Å². The van der Waals surface area contributed by atoms with Crippen molar-refractivity contribution in [3.63, 3.8) is 0 Å². The molecule has 1 aromatic rings. The molecule has 0 bridgehead atoms. The Morgan fingerprint density at radius 1 is 1.45 bits per heavy atom. The lowest BCUT2D eigenvalue weighted by atomic mass is 9.95. The molecule has 1 aliphatic rings. The van der Waals surface area contributed by atoms with Gasteiger partial charge in [-0.05, 0) is 12.5 Å². The van der Waals surface area contributed by atoms with Gasteiger partial charge in [0.15, 0.2) is 0 Å². The second kappa shape index (κ2) is 5.56. The van der Waals surface area contributed by atoms with Gasteiger partial charge in [0, 0.05) is 29.9 Å². The van der Waals surface area contributed by atoms with E-state index in [0.29, 0.717) is 0 Å². The van der Waals surface area contributed by atoms with Gasteiger partial charge in [0.25, 0.3) is 5.69 Å². The first-order valence-electron chi connectivity index (χ1n) is 6.01. The normalized spacial score (nSPS) is 17.6. The Morgan fingerprint density at radius 3 is 2.80 bits per heavy atom. The maximum absolute atomic E-state index is 11.5. The van der Waals surface area contributed by atoms with Crippen molar-refractivity contribution in [2.75, 3.05) is 7.11 Å². The van der Waals surface area contributed by atoms with Crippen molar-refractivity contribution in [1.82, 2.24) is 4.90 Å². The lowest BCUT2D eigenvalue weighted by molar-refractivity contribution is -0.384. The van der Waals surface area contributed by atoms with Crippen LogP contribution in [0.25, 0.3) is 0 Å². The molecule has 104 valence electrons. The average molecular weight is 274 g/mol. The third-order valence-corrected chi connectivity index (χ3v) is 3.08. The third-order valence-electron chi connectivity index (χ3n) is 3.08. The fourth-order valence-corrected chi connectivity index (χ4v) is 2.05. The first-order chi connectivity index (χ1) is 9.52. The molecule has 1 amide bonds. The molecule has 1 aliphatic heterocycles. The van der Waals surface area contributed by atoms with Crippen LogP contribution in [-0.4, -0.2) is 23.0 Å². The summed E-state index contributed by atoms with van der Waals surface area (Å²) in [5.41, 5.74) is 1.58. The summed E-state index contributed by atoms with van der Waals surface area (Å²) in [6.45, 7) is 1.78. The van der Waals surface area contributed by atoms with E-state index in [1.54, 1.807) is 25.3 Å². The molecule has 0 saturated carbocycles. The number of carbonyl (C=O) groups is 1. The minimum atomic E-state index is -0.465. The zero-order chi connectivity index (χ0) is 14.7. The fraction of sp³-hybridized carbons (Fsp3) is 0.214. The topological polar surface area (TPSA) is 72.7 Å². The first-order valence-corrected chi connectivity index (χ1v) is 6.01. The van der Waals surface area contributed by atoms with E-state index in [1.807, 2.05) is 12.1 Å². The molecular weight excluding hydrogens is 260 g/mol. The van der Waals surface area contributed by atoms with Crippen LogP contribution < -0.4 is 0 Å². The number of methoxy groups -OCH3 is 1. The Labute approximate surface area is 116 Å². The molecule has 2 rings (SSSR count). The van der Waals surface area contributed by atoms with Crippen LogP contribution in [0.5, 0.6) is 0 Å². The van der Waals surface area contributed by atoms with Crippen molar-refractivity contribution in [3.05, 3.63) is 64.0 Å². The Bertz CT molecular complexity index is 607. The van der Waals surface area contributed by atoms with E-state index in [1.165, 1.54) is 24.1 Å². The lowest BCUT2D eigenvalue weighted by Crippen LogP contribution is -2.26. The van der Waals surface area contributed by atoms with E-state index in [4.69, 9.17) is 0 Å². The van der Waals surface area contributed by atoms with Gasteiger partial charge >= 0.3 is 6.09 Å². The van der Waals surface area contributed by atoms with Gasteiger partial charge < -0.3 is 4.74 Å². The van der Waals surface area contributed by atoms with Gasteiger partial charge in [-0.1, -0.05) is 24.3 Å². The van der Waals surface area contributed by atoms with Gasteiger partial charge in [0.2, 0.25) is 0 Å². The van der Waals surface area contributed by atoms with Gasteiger partial charge in [-0.3, -0.25) is 15.0 Å². The van der Waals surface area contributed by atoms with Crippen molar-refractivity contribution in [1.29, 1.82) is 0 Å². The number of ether oxygens (including phenoxy) is 1. The molecule has 6 heteroatoms. The van der Waals surface area contributed by atoms with Crippen LogP contribution in [0.3, 0.4) is 0 Å². The number of non-ortho nitro benzene ring substituents is 1. The minimum absolute atomic E-state index is 0.0531. The zero-order valence-electron chi connectivity index (χ0n) is 11.1. The maximum Gasteiger partial charge on any atom is 0.417 e. The second-order valence-corrected chi connectivity index (χ2v) is 4.37. The molecule has 20 heavy (non-hydrogen) atoms. The molecule has 0 saturated heterocycles. The average Bonchev–Trinajstić information content (AvgIpc) is 2.46. The number of rotatable bonds is 2. The van der Waals surface area contributed by atoms with Crippen molar-refractivity contribution in [2.45, 2.75) is 12.8 Å². The zero-order valence-corrected chi connectivity index (χ0v) is 11.1. The van der Waals surface area contributed by atoms with E-state index in [-0.39, 0.29) is 11.6 Å². The smallest absolute Gasteiger partial charge is 0.417 e. The van der Waals surface area contributed by atoms with Gasteiger partial charge in [-0.15, -0.1) is 0 Å². The van der Waals surface area contributed by atoms with Crippen molar-refractivity contribution >= 4 is 11.8 Å². The SMILES string of the molecule is COC(=O)N1C=CC(c2cccc([N+](=O)[O-])c2)C=C1C. The summed E-state index contributed by atoms with van der Waals surface area (Å²) in [4.78, 5) is 23.2. The highest BCUT2D eigenvalue weighted by atomic mass is 16.6. The van der Waals surface area contributed by atoms with E-state index in [2.05, 4.69) is 4.74 Å². The van der Waals surface area contributed by atoms with Crippen LogP contribution in [0.15, 0.2) is 48.3 Å². The fourth-order valence-electron chi connectivity index (χ4n) is 2.05. The summed E-state index contributed by atoms with van der Waals surface area (Å²) in [5, 5.41) is 10.8. The van der Waals surface area contributed by atoms with Gasteiger partial charge in [-0.25, -0.2) is 4.79 Å². The van der Waals surface area contributed by atoms with E-state index in [0.717, 1.165) is 11.3 Å². The van der Waals surface area contributed by atoms with Crippen LogP contribution in [0, 0.1) is 10.1 Å². The van der Waals surface area contributed by atoms with Crippen LogP contribution >= 0.6 is 0 Å². The minimum Gasteiger partial charge on any atom is -0.452 e. The lowest BCUT2D eigenvalue weighted by Gasteiger charge is -2.24. The number of hydrogen-bond donors (Lipinski definition) is 0. The monoisotopic (exact) mass is 274 g/mol. The number of hydrogen-bond acceptors (Lipinski definition) is 4. The number of nitro benzene ring substituents is 1. The van der Waals surface area contributed by atoms with E-state index in [9.17, 15) is 14.9 Å². The summed E-state index contributed by atoms with van der Waals surface area (Å²) in [7, 11) is 1.32. The largest absolute Gasteiger partial charge is 0.452 e. The molecule has 0 aromatic heterocycles. The van der Waals surface area contributed by atoms with Crippen LogP contribution in [0.4, 0.5) is 10.5 Å². The molecule has 1 atom stereocenters. The molecular formula is C14H14N2O4. The maximum atomic E-state index is 11.5. The molecule has 0 spiro atoms. The van der Waals surface area contributed by atoms with Crippen LogP contribution in [-0.2, 0) is 4.74 Å². The highest BCUT2D eigenvalue weighted by Crippen LogP contribution is 2.28. The van der Waals surface area contributed by atoms with Crippen LogP contribution in [0.1, 0.15) is 18.4 Å². The van der Waals surface area contributed by atoms with Gasteiger partial charge in [0.1, 0.15) is 0 Å². The first kappa shape index (κ1) is 13.8. The van der Waals surface area contributed by atoms with Crippen molar-refractivity contribution in [3.8, 4) is 0 Å². The summed E-state index contributed by atoms with van der Waals surface area (Å²) < 4.78 is 4.66. The highest BCUT2D eigenvalue weighted by Gasteiger charge is 2.20. The molecule has 0 aliphatic carbocycles. The summed E-state index contributed by atoms with van der Waals surface area (Å²) in [6, 6.07) is 6.46. The summed E-state index contributed by atoms with van der Waals surface area (Å²) in [5.74, 6) is -0.101. The Balaban J connectivity index is 2.26. The van der Waals surface area contributed by atoms with E-state index >= 15 is 0 Å². The predicted octanol–water partition coefficient (Wildman–Crippen LogP) is 3.18. The number of allylic oxidation sites excluding steroid dienone is 3. The summed E-state index contributed by atoms with van der Waals surface area (Å²) in [6.07, 6.45) is 4.80. The summed E-state index contributed by atoms with van der Waals surface area (Å²) >= 11 is 0. The molecule has 6 nitrogen and oxygen atoms in total. The van der Waals surface area contributed by atoms with Crippen molar-refractivity contribution < 1.29 is 14.5 Å². The molecule has 0 radical (unpaired) electrons. The van der Waals surface area contributed by atoms with E-state index < -0.39 is 11.0 Å². The number of nitro groups is 1. The molecule has 1 aromatic carbocycles. The Hall–Kier alpha value is -2.63. The number of carbonyl (C=O) groups excluding carboxylic acids is 1. The Morgan fingerprint density at radius 2 is 2.20 bits per heavy atom. The molecule has 0 fully saturated rings. The molecule has 1 heterocycles. The van der Waals surface area contributed by atoms with Crippen molar-refractivity contribution in [2.24, 2.45) is 0 Å². The number of benzene rings is 1. The predicted molar refractivity (Wildman–Crippen MR) is 73.0 cm³/mol. The highest BCUT2D eigenvalue weighted by molar-refractivity contribution is 5.71. The Kier molecular flexibility index (Phi) is 3.84. The number of amides is 1. The third kappa shape index (κ3) is 2.69. The quantitative estimate of drug-likeness (QED) is 0.613. The van der Waals surface area contributed by atoms with Gasteiger partial charge in [0.05, 0.1) is 12.0 Å². The second-order valence-electron chi connectivity index (χ2n) is 4.37. The molecule has 0 N–H and O–H groups in total. The molecule has 1 unspecified atom stereocenters. The standard InChI is InChI=1S/C14H14N2O4/c1-10-8-12(6-7-15(10)14(17)20-2)11-4-3-5-13(9-11)16(18)19/h3-9,12H,1-2H3. The van der Waals surface area contributed by atoms with Gasteiger partial charge in [-0.2, -0.15) is 0 Å². The number of nitrogens with zero attached hydrogens (tertiary/aromatic N) is 2.